The van der Waals surface area contributed by atoms with Crippen LogP contribution in [0.2, 0.25) is 0 Å². The summed E-state index contributed by atoms with van der Waals surface area (Å²) in [6.07, 6.45) is 1.68. The van der Waals surface area contributed by atoms with Gasteiger partial charge in [0, 0.05) is 0 Å². The molecule has 0 aliphatic rings. The second kappa shape index (κ2) is 5.23. The summed E-state index contributed by atoms with van der Waals surface area (Å²) in [6.45, 7) is 4.15. The molecule has 1 aromatic carbocycles. The number of alkyl halides is 1. The molecule has 1 atom stereocenters. The first-order valence-corrected chi connectivity index (χ1v) is 6.98. The molecule has 106 valence electrons. The molecule has 2 heterocycles. The zero-order chi connectivity index (χ0) is 15.0. The number of oxazole rings is 1. The van der Waals surface area contributed by atoms with Crippen molar-refractivity contribution in [2.24, 2.45) is 0 Å². The highest BCUT2D eigenvalue weighted by molar-refractivity contribution is 6.20. The lowest BCUT2D eigenvalue weighted by atomic mass is 10.2. The fourth-order valence-electron chi connectivity index (χ4n) is 2.29. The molecule has 0 saturated heterocycles. The number of hydrogen-bond acceptors (Lipinski definition) is 4. The average molecular weight is 301 g/mol. The summed E-state index contributed by atoms with van der Waals surface area (Å²) >= 11 is 6.23. The summed E-state index contributed by atoms with van der Waals surface area (Å²) in [5.74, 6) is 2.08. The molecule has 1 unspecified atom stereocenters. The zero-order valence-corrected chi connectivity index (χ0v) is 12.4. The summed E-state index contributed by atoms with van der Waals surface area (Å²) in [5.41, 5.74) is 2.24. The van der Waals surface area contributed by atoms with Crippen molar-refractivity contribution >= 4 is 22.6 Å². The Morgan fingerprint density at radius 2 is 2.29 bits per heavy atom. The van der Waals surface area contributed by atoms with Crippen LogP contribution in [0.15, 0.2) is 28.8 Å². The second-order valence-corrected chi connectivity index (χ2v) is 5.51. The summed E-state index contributed by atoms with van der Waals surface area (Å²) in [6, 6.07) is 7.52. The van der Waals surface area contributed by atoms with E-state index in [1.807, 2.05) is 24.5 Å². The van der Waals surface area contributed by atoms with Crippen LogP contribution in [0.3, 0.4) is 0 Å². The normalized spacial score (nSPS) is 12.5. The smallest absolute Gasteiger partial charge is 0.214 e. The van der Waals surface area contributed by atoms with Crippen molar-refractivity contribution in [3.05, 3.63) is 47.4 Å². The van der Waals surface area contributed by atoms with Gasteiger partial charge in [-0.1, -0.05) is 0 Å². The molecular formula is C15H13ClN4O. The van der Waals surface area contributed by atoms with Crippen molar-refractivity contribution in [3.63, 3.8) is 0 Å². The maximum atomic E-state index is 9.06. The quantitative estimate of drug-likeness (QED) is 0.694. The first-order valence-electron chi connectivity index (χ1n) is 6.54. The number of aromatic nitrogens is 3. The van der Waals surface area contributed by atoms with Crippen molar-refractivity contribution in [2.45, 2.75) is 25.8 Å². The summed E-state index contributed by atoms with van der Waals surface area (Å²) in [4.78, 5) is 8.76. The van der Waals surface area contributed by atoms with Crippen LogP contribution >= 0.6 is 11.6 Å². The van der Waals surface area contributed by atoms with E-state index in [1.54, 1.807) is 18.3 Å². The van der Waals surface area contributed by atoms with Gasteiger partial charge in [0.2, 0.25) is 5.89 Å². The molecule has 0 bridgehead atoms. The molecule has 0 aliphatic carbocycles. The molecule has 6 heteroatoms. The van der Waals surface area contributed by atoms with Gasteiger partial charge in [0.1, 0.15) is 18.1 Å². The fraction of sp³-hybridized carbons (Fsp3) is 0.267. The summed E-state index contributed by atoms with van der Waals surface area (Å²) in [5, 5.41) is 8.81. The number of nitrogens with zero attached hydrogens (tertiary/aromatic N) is 4. The number of halogens is 1. The van der Waals surface area contributed by atoms with Crippen LogP contribution in [-0.2, 0) is 6.54 Å². The van der Waals surface area contributed by atoms with Crippen LogP contribution in [0.25, 0.3) is 11.0 Å². The van der Waals surface area contributed by atoms with E-state index in [9.17, 15) is 0 Å². The minimum absolute atomic E-state index is 0.251. The van der Waals surface area contributed by atoms with Crippen molar-refractivity contribution < 1.29 is 4.42 Å². The lowest BCUT2D eigenvalue weighted by Gasteiger charge is -2.08. The molecule has 0 radical (unpaired) electrons. The molecular weight excluding hydrogens is 288 g/mol. The van der Waals surface area contributed by atoms with Crippen LogP contribution < -0.4 is 0 Å². The SMILES string of the molecule is Cc1cnc(Cn2c(C(C)Cl)nc3ccc(C#N)cc32)o1. The molecule has 21 heavy (non-hydrogen) atoms. The average Bonchev–Trinajstić information content (AvgIpc) is 3.03. The largest absolute Gasteiger partial charge is 0.444 e. The molecule has 3 rings (SSSR count). The van der Waals surface area contributed by atoms with Gasteiger partial charge < -0.3 is 8.98 Å². The number of benzene rings is 1. The van der Waals surface area contributed by atoms with Gasteiger partial charge in [-0.2, -0.15) is 5.26 Å². The van der Waals surface area contributed by atoms with E-state index >= 15 is 0 Å². The van der Waals surface area contributed by atoms with E-state index in [2.05, 4.69) is 16.0 Å². The second-order valence-electron chi connectivity index (χ2n) is 4.85. The van der Waals surface area contributed by atoms with Crippen LogP contribution in [0, 0.1) is 18.3 Å². The van der Waals surface area contributed by atoms with E-state index in [-0.39, 0.29) is 5.38 Å². The Morgan fingerprint density at radius 3 is 2.90 bits per heavy atom. The number of aryl methyl sites for hydroxylation is 1. The van der Waals surface area contributed by atoms with Gasteiger partial charge >= 0.3 is 0 Å². The van der Waals surface area contributed by atoms with Crippen LogP contribution in [0.4, 0.5) is 0 Å². The predicted octanol–water partition coefficient (Wildman–Crippen LogP) is 3.55. The van der Waals surface area contributed by atoms with Gasteiger partial charge in [-0.15, -0.1) is 11.6 Å². The number of imidazole rings is 1. The topological polar surface area (TPSA) is 67.6 Å². The van der Waals surface area contributed by atoms with Gasteiger partial charge in [0.05, 0.1) is 34.2 Å². The standard InChI is InChI=1S/C15H13ClN4O/c1-9-7-18-14(21-9)8-20-13-5-11(6-17)3-4-12(13)19-15(20)10(2)16/h3-5,7,10H,8H2,1-2H3. The third kappa shape index (κ3) is 2.50. The highest BCUT2D eigenvalue weighted by Crippen LogP contribution is 2.26. The van der Waals surface area contributed by atoms with Crippen molar-refractivity contribution in [3.8, 4) is 6.07 Å². The first-order chi connectivity index (χ1) is 10.1. The maximum absolute atomic E-state index is 9.06. The Bertz CT molecular complexity index is 841. The fourth-order valence-corrected chi connectivity index (χ4v) is 2.46. The van der Waals surface area contributed by atoms with Crippen molar-refractivity contribution in [2.75, 3.05) is 0 Å². The molecule has 3 aromatic rings. The van der Waals surface area contributed by atoms with Crippen molar-refractivity contribution in [1.82, 2.24) is 14.5 Å². The minimum atomic E-state index is -0.251. The van der Waals surface area contributed by atoms with E-state index in [4.69, 9.17) is 21.3 Å². The van der Waals surface area contributed by atoms with Gasteiger partial charge in [0.25, 0.3) is 0 Å². The Labute approximate surface area is 126 Å². The van der Waals surface area contributed by atoms with Gasteiger partial charge in [-0.25, -0.2) is 9.97 Å². The van der Waals surface area contributed by atoms with Gasteiger partial charge in [-0.3, -0.25) is 0 Å². The molecule has 0 amide bonds. The summed E-state index contributed by atoms with van der Waals surface area (Å²) < 4.78 is 7.47. The lowest BCUT2D eigenvalue weighted by Crippen LogP contribution is -2.06. The van der Waals surface area contributed by atoms with Crippen LogP contribution in [-0.4, -0.2) is 14.5 Å². The lowest BCUT2D eigenvalue weighted by molar-refractivity contribution is 0.456. The highest BCUT2D eigenvalue weighted by atomic mass is 35.5. The number of nitriles is 1. The maximum Gasteiger partial charge on any atom is 0.214 e. The molecule has 0 spiro atoms. The number of fused-ring (bicyclic) bond motifs is 1. The van der Waals surface area contributed by atoms with Crippen molar-refractivity contribution in [1.29, 1.82) is 5.26 Å². The molecule has 0 fully saturated rings. The number of hydrogen-bond donors (Lipinski definition) is 0. The van der Waals surface area contributed by atoms with Crippen LogP contribution in [0.5, 0.6) is 0 Å². The summed E-state index contributed by atoms with van der Waals surface area (Å²) in [7, 11) is 0. The molecule has 2 aromatic heterocycles. The zero-order valence-electron chi connectivity index (χ0n) is 11.7. The highest BCUT2D eigenvalue weighted by Gasteiger charge is 2.17. The van der Waals surface area contributed by atoms with E-state index in [0.29, 0.717) is 18.0 Å². The van der Waals surface area contributed by atoms with E-state index in [0.717, 1.165) is 22.6 Å². The third-order valence-corrected chi connectivity index (χ3v) is 3.42. The predicted molar refractivity (Wildman–Crippen MR) is 79.1 cm³/mol. The first kappa shape index (κ1) is 13.7. The minimum Gasteiger partial charge on any atom is -0.444 e. The Morgan fingerprint density at radius 1 is 1.48 bits per heavy atom. The molecule has 0 N–H and O–H groups in total. The third-order valence-electron chi connectivity index (χ3n) is 3.23. The molecule has 5 nitrogen and oxygen atoms in total. The molecule has 0 aliphatic heterocycles. The van der Waals surface area contributed by atoms with Crippen LogP contribution in [0.1, 0.15) is 35.3 Å². The Hall–Kier alpha value is -2.32. The number of rotatable bonds is 3. The van der Waals surface area contributed by atoms with E-state index < -0.39 is 0 Å². The Balaban J connectivity index is 2.17. The Kier molecular flexibility index (Phi) is 3.40. The van der Waals surface area contributed by atoms with E-state index in [1.165, 1.54) is 0 Å². The van der Waals surface area contributed by atoms with Gasteiger partial charge in [-0.05, 0) is 32.0 Å². The monoisotopic (exact) mass is 300 g/mol. The molecule has 0 saturated carbocycles. The van der Waals surface area contributed by atoms with Gasteiger partial charge in [0.15, 0.2) is 0 Å².